The van der Waals surface area contributed by atoms with Crippen LogP contribution in [-0.2, 0) is 4.74 Å². The van der Waals surface area contributed by atoms with E-state index in [1.165, 1.54) is 45.3 Å². The van der Waals surface area contributed by atoms with Gasteiger partial charge >= 0.3 is 0 Å². The van der Waals surface area contributed by atoms with Gasteiger partial charge in [-0.15, -0.1) is 0 Å². The molecule has 0 radical (unpaired) electrons. The van der Waals surface area contributed by atoms with E-state index in [9.17, 15) is 0 Å². The van der Waals surface area contributed by atoms with Crippen molar-refractivity contribution >= 4 is 0 Å². The van der Waals surface area contributed by atoms with Crippen LogP contribution in [0.4, 0.5) is 0 Å². The Morgan fingerprint density at radius 1 is 0.923 bits per heavy atom. The van der Waals surface area contributed by atoms with E-state index < -0.39 is 0 Å². The minimum Gasteiger partial charge on any atom is -0.385 e. The highest BCUT2D eigenvalue weighted by Crippen LogP contribution is 1.98. The van der Waals surface area contributed by atoms with Gasteiger partial charge in [0.2, 0.25) is 0 Å². The summed E-state index contributed by atoms with van der Waals surface area (Å²) in [5.74, 6) is 0. The van der Waals surface area contributed by atoms with Gasteiger partial charge in [-0.3, -0.25) is 0 Å². The third-order valence-electron chi connectivity index (χ3n) is 2.15. The number of hydrogen-bond acceptors (Lipinski definition) is 2. The van der Waals surface area contributed by atoms with Crippen molar-refractivity contribution in [1.29, 1.82) is 0 Å². The zero-order valence-electron chi connectivity index (χ0n) is 9.51. The standard InChI is InChI=1S/C11H25NO/c1-4-8-12(9-5-2)10-6-7-11-13-3/h4-11H2,1-3H3. The predicted octanol–water partition coefficient (Wildman–Crippen LogP) is 2.54. The average molecular weight is 187 g/mol. The topological polar surface area (TPSA) is 12.5 Å². The van der Waals surface area contributed by atoms with Gasteiger partial charge in [0, 0.05) is 13.7 Å². The van der Waals surface area contributed by atoms with Gasteiger partial charge in [0.25, 0.3) is 0 Å². The van der Waals surface area contributed by atoms with Crippen LogP contribution in [0.1, 0.15) is 39.5 Å². The summed E-state index contributed by atoms with van der Waals surface area (Å²) in [5, 5.41) is 0. The van der Waals surface area contributed by atoms with E-state index in [-0.39, 0.29) is 0 Å². The summed E-state index contributed by atoms with van der Waals surface area (Å²) in [6.07, 6.45) is 5.00. The number of methoxy groups -OCH3 is 1. The molecule has 0 aliphatic heterocycles. The maximum absolute atomic E-state index is 5.03. The molecule has 0 N–H and O–H groups in total. The van der Waals surface area contributed by atoms with Crippen molar-refractivity contribution in [2.45, 2.75) is 39.5 Å². The Hall–Kier alpha value is -0.0800. The first kappa shape index (κ1) is 12.9. The molecule has 0 aromatic heterocycles. The van der Waals surface area contributed by atoms with Crippen LogP contribution in [0, 0.1) is 0 Å². The molecular formula is C11H25NO. The van der Waals surface area contributed by atoms with Crippen molar-refractivity contribution in [3.8, 4) is 0 Å². The highest BCUT2D eigenvalue weighted by molar-refractivity contribution is 4.55. The lowest BCUT2D eigenvalue weighted by molar-refractivity contribution is 0.183. The number of rotatable bonds is 9. The van der Waals surface area contributed by atoms with Crippen molar-refractivity contribution in [1.82, 2.24) is 4.90 Å². The summed E-state index contributed by atoms with van der Waals surface area (Å²) in [6, 6.07) is 0. The van der Waals surface area contributed by atoms with Crippen LogP contribution in [0.15, 0.2) is 0 Å². The van der Waals surface area contributed by atoms with Crippen molar-refractivity contribution < 1.29 is 4.74 Å². The van der Waals surface area contributed by atoms with Crippen molar-refractivity contribution in [2.75, 3.05) is 33.4 Å². The largest absolute Gasteiger partial charge is 0.385 e. The molecule has 2 heteroatoms. The van der Waals surface area contributed by atoms with Gasteiger partial charge < -0.3 is 9.64 Å². The van der Waals surface area contributed by atoms with Crippen LogP contribution in [0.25, 0.3) is 0 Å². The number of ether oxygens (including phenoxy) is 1. The highest BCUT2D eigenvalue weighted by atomic mass is 16.5. The summed E-state index contributed by atoms with van der Waals surface area (Å²) in [4.78, 5) is 2.55. The summed E-state index contributed by atoms with van der Waals surface area (Å²) < 4.78 is 5.03. The van der Waals surface area contributed by atoms with Gasteiger partial charge in [0.05, 0.1) is 0 Å². The first-order chi connectivity index (χ1) is 6.35. The van der Waals surface area contributed by atoms with E-state index in [0.717, 1.165) is 6.61 Å². The Morgan fingerprint density at radius 2 is 1.54 bits per heavy atom. The van der Waals surface area contributed by atoms with E-state index in [2.05, 4.69) is 18.7 Å². The normalized spacial score (nSPS) is 11.1. The fraction of sp³-hybridized carbons (Fsp3) is 1.00. The Labute approximate surface area is 83.3 Å². The van der Waals surface area contributed by atoms with Crippen LogP contribution in [-0.4, -0.2) is 38.3 Å². The molecule has 0 fully saturated rings. The second-order valence-corrected chi connectivity index (χ2v) is 3.54. The van der Waals surface area contributed by atoms with Gasteiger partial charge in [-0.25, -0.2) is 0 Å². The van der Waals surface area contributed by atoms with Crippen LogP contribution in [0.3, 0.4) is 0 Å². The zero-order valence-corrected chi connectivity index (χ0v) is 9.51. The maximum Gasteiger partial charge on any atom is 0.0462 e. The second-order valence-electron chi connectivity index (χ2n) is 3.54. The molecule has 0 saturated carbocycles. The molecule has 0 spiro atoms. The smallest absolute Gasteiger partial charge is 0.0462 e. The van der Waals surface area contributed by atoms with Crippen molar-refractivity contribution in [3.05, 3.63) is 0 Å². The fourth-order valence-electron chi connectivity index (χ4n) is 1.55. The fourth-order valence-corrected chi connectivity index (χ4v) is 1.55. The monoisotopic (exact) mass is 187 g/mol. The minimum atomic E-state index is 0.909. The summed E-state index contributed by atoms with van der Waals surface area (Å²) in [5.41, 5.74) is 0. The Kier molecular flexibility index (Phi) is 9.94. The molecule has 13 heavy (non-hydrogen) atoms. The molecule has 80 valence electrons. The van der Waals surface area contributed by atoms with E-state index in [1.54, 1.807) is 7.11 Å². The van der Waals surface area contributed by atoms with Crippen molar-refractivity contribution in [3.63, 3.8) is 0 Å². The van der Waals surface area contributed by atoms with E-state index >= 15 is 0 Å². The van der Waals surface area contributed by atoms with E-state index in [1.807, 2.05) is 0 Å². The quantitative estimate of drug-likeness (QED) is 0.514. The Morgan fingerprint density at radius 3 is 2.00 bits per heavy atom. The third kappa shape index (κ3) is 8.26. The second kappa shape index (κ2) is 10.0. The Bertz CT molecular complexity index is 90.1. The SMILES string of the molecule is CCCN(CCC)CCCCOC. The lowest BCUT2D eigenvalue weighted by Gasteiger charge is -2.20. The summed E-state index contributed by atoms with van der Waals surface area (Å²) in [7, 11) is 1.77. The molecule has 2 nitrogen and oxygen atoms in total. The lowest BCUT2D eigenvalue weighted by Crippen LogP contribution is -2.26. The minimum absolute atomic E-state index is 0.909. The predicted molar refractivity (Wildman–Crippen MR) is 58.1 cm³/mol. The van der Waals surface area contributed by atoms with Crippen LogP contribution in [0.5, 0.6) is 0 Å². The lowest BCUT2D eigenvalue weighted by atomic mass is 10.2. The first-order valence-corrected chi connectivity index (χ1v) is 5.56. The molecule has 0 bridgehead atoms. The molecule has 0 saturated heterocycles. The first-order valence-electron chi connectivity index (χ1n) is 5.56. The molecule has 0 aliphatic rings. The van der Waals surface area contributed by atoms with Crippen molar-refractivity contribution in [2.24, 2.45) is 0 Å². The van der Waals surface area contributed by atoms with Gasteiger partial charge in [-0.2, -0.15) is 0 Å². The van der Waals surface area contributed by atoms with Crippen LogP contribution >= 0.6 is 0 Å². The number of unbranched alkanes of at least 4 members (excludes halogenated alkanes) is 1. The van der Waals surface area contributed by atoms with E-state index in [4.69, 9.17) is 4.74 Å². The van der Waals surface area contributed by atoms with Gasteiger partial charge in [0.1, 0.15) is 0 Å². The van der Waals surface area contributed by atoms with Gasteiger partial charge in [0.15, 0.2) is 0 Å². The van der Waals surface area contributed by atoms with E-state index in [0.29, 0.717) is 0 Å². The molecule has 0 rings (SSSR count). The maximum atomic E-state index is 5.03. The Balaban J connectivity index is 3.33. The highest BCUT2D eigenvalue weighted by Gasteiger charge is 2.00. The molecule has 0 aromatic carbocycles. The number of nitrogens with zero attached hydrogens (tertiary/aromatic N) is 1. The number of hydrogen-bond donors (Lipinski definition) is 0. The average Bonchev–Trinajstić information content (AvgIpc) is 2.13. The molecule has 0 unspecified atom stereocenters. The molecule has 0 aliphatic carbocycles. The molecule has 0 aromatic rings. The zero-order chi connectivity index (χ0) is 9.94. The van der Waals surface area contributed by atoms with Gasteiger partial charge in [-0.05, 0) is 45.3 Å². The van der Waals surface area contributed by atoms with Crippen LogP contribution in [0.2, 0.25) is 0 Å². The summed E-state index contributed by atoms with van der Waals surface area (Å²) >= 11 is 0. The molecular weight excluding hydrogens is 162 g/mol. The molecule has 0 atom stereocenters. The van der Waals surface area contributed by atoms with Gasteiger partial charge in [-0.1, -0.05) is 13.8 Å². The molecule has 0 amide bonds. The van der Waals surface area contributed by atoms with Crippen LogP contribution < -0.4 is 0 Å². The molecule has 0 heterocycles. The summed E-state index contributed by atoms with van der Waals surface area (Å²) in [6.45, 7) is 9.15. The third-order valence-corrected chi connectivity index (χ3v) is 2.15.